The Labute approximate surface area is 96.2 Å². The summed E-state index contributed by atoms with van der Waals surface area (Å²) in [6, 6.07) is 5.38. The summed E-state index contributed by atoms with van der Waals surface area (Å²) in [6.45, 7) is 0.671. The Morgan fingerprint density at radius 2 is 2.47 bits per heavy atom. The highest BCUT2D eigenvalue weighted by atomic mass is 79.9. The third-order valence-electron chi connectivity index (χ3n) is 2.19. The van der Waals surface area contributed by atoms with E-state index in [-0.39, 0.29) is 12.0 Å². The maximum atomic E-state index is 11.6. The number of pyridine rings is 1. The molecule has 0 spiro atoms. The lowest BCUT2D eigenvalue weighted by Crippen LogP contribution is -2.27. The highest BCUT2D eigenvalue weighted by molar-refractivity contribution is 9.10. The first-order valence-corrected chi connectivity index (χ1v) is 5.60. The van der Waals surface area contributed by atoms with Crippen LogP contribution in [0.2, 0.25) is 0 Å². The summed E-state index contributed by atoms with van der Waals surface area (Å²) >= 11 is 3.24. The molecule has 80 valence electrons. The lowest BCUT2D eigenvalue weighted by molar-refractivity contribution is -0.124. The fourth-order valence-electron chi connectivity index (χ4n) is 1.47. The monoisotopic (exact) mass is 270 g/mol. The van der Waals surface area contributed by atoms with Gasteiger partial charge in [0, 0.05) is 6.61 Å². The minimum atomic E-state index is -0.314. The molecular formula is C10H11BrN2O2. The zero-order valence-electron chi connectivity index (χ0n) is 8.07. The van der Waals surface area contributed by atoms with Crippen LogP contribution in [0.15, 0.2) is 22.8 Å². The van der Waals surface area contributed by atoms with Gasteiger partial charge < -0.3 is 10.1 Å². The van der Waals surface area contributed by atoms with Crippen molar-refractivity contribution in [3.05, 3.63) is 22.8 Å². The third kappa shape index (κ3) is 2.76. The van der Waals surface area contributed by atoms with E-state index in [0.717, 1.165) is 12.8 Å². The number of nitrogens with zero attached hydrogens (tertiary/aromatic N) is 1. The van der Waals surface area contributed by atoms with Gasteiger partial charge in [-0.1, -0.05) is 6.07 Å². The largest absolute Gasteiger partial charge is 0.368 e. The standard InChI is InChI=1S/C10H11BrN2O2/c11-8-4-1-5-9(12-8)13-10(14)7-3-2-6-15-7/h1,4-5,7H,2-3,6H2,(H,12,13,14). The minimum absolute atomic E-state index is 0.113. The molecule has 15 heavy (non-hydrogen) atoms. The van der Waals surface area contributed by atoms with Crippen molar-refractivity contribution in [3.8, 4) is 0 Å². The molecule has 1 aromatic heterocycles. The van der Waals surface area contributed by atoms with Crippen molar-refractivity contribution in [1.29, 1.82) is 0 Å². The zero-order chi connectivity index (χ0) is 10.7. The Kier molecular flexibility index (Phi) is 3.33. The van der Waals surface area contributed by atoms with E-state index >= 15 is 0 Å². The second kappa shape index (κ2) is 4.72. The summed E-state index contributed by atoms with van der Waals surface area (Å²) in [5, 5.41) is 2.72. The van der Waals surface area contributed by atoms with Crippen molar-refractivity contribution in [2.75, 3.05) is 11.9 Å². The number of nitrogens with one attached hydrogen (secondary N) is 1. The molecule has 1 aliphatic heterocycles. The quantitative estimate of drug-likeness (QED) is 0.836. The van der Waals surface area contributed by atoms with Gasteiger partial charge in [-0.2, -0.15) is 0 Å². The van der Waals surface area contributed by atoms with E-state index in [1.54, 1.807) is 6.07 Å². The molecule has 1 amide bonds. The van der Waals surface area contributed by atoms with Crippen molar-refractivity contribution in [1.82, 2.24) is 4.98 Å². The predicted molar refractivity (Wildman–Crippen MR) is 59.5 cm³/mol. The van der Waals surface area contributed by atoms with Gasteiger partial charge in [0.1, 0.15) is 16.5 Å². The van der Waals surface area contributed by atoms with Crippen LogP contribution in [0.1, 0.15) is 12.8 Å². The molecule has 0 aromatic carbocycles. The number of aromatic nitrogens is 1. The van der Waals surface area contributed by atoms with E-state index in [2.05, 4.69) is 26.2 Å². The van der Waals surface area contributed by atoms with Gasteiger partial charge in [0.05, 0.1) is 0 Å². The van der Waals surface area contributed by atoms with E-state index in [0.29, 0.717) is 17.0 Å². The van der Waals surface area contributed by atoms with Crippen LogP contribution in [0.3, 0.4) is 0 Å². The summed E-state index contributed by atoms with van der Waals surface area (Å²) in [6.07, 6.45) is 1.43. The van der Waals surface area contributed by atoms with E-state index in [1.807, 2.05) is 12.1 Å². The number of rotatable bonds is 2. The van der Waals surface area contributed by atoms with Gasteiger partial charge in [-0.05, 0) is 40.9 Å². The van der Waals surface area contributed by atoms with Gasteiger partial charge in [-0.25, -0.2) is 4.98 Å². The van der Waals surface area contributed by atoms with Crippen LogP contribution < -0.4 is 5.32 Å². The summed E-state index contributed by atoms with van der Waals surface area (Å²) in [7, 11) is 0. The number of halogens is 1. The predicted octanol–water partition coefficient (Wildman–Crippen LogP) is 1.96. The fraction of sp³-hybridized carbons (Fsp3) is 0.400. The molecule has 1 fully saturated rings. The van der Waals surface area contributed by atoms with E-state index in [9.17, 15) is 4.79 Å². The average molecular weight is 271 g/mol. The second-order valence-electron chi connectivity index (χ2n) is 3.34. The molecule has 1 atom stereocenters. The van der Waals surface area contributed by atoms with Crippen LogP contribution in [-0.4, -0.2) is 23.6 Å². The Morgan fingerprint density at radius 1 is 1.60 bits per heavy atom. The Bertz CT molecular complexity index is 364. The first-order valence-electron chi connectivity index (χ1n) is 4.81. The third-order valence-corrected chi connectivity index (χ3v) is 2.63. The molecule has 2 heterocycles. The van der Waals surface area contributed by atoms with Crippen LogP contribution >= 0.6 is 15.9 Å². The summed E-state index contributed by atoms with van der Waals surface area (Å²) in [5.41, 5.74) is 0. The van der Waals surface area contributed by atoms with Crippen molar-refractivity contribution < 1.29 is 9.53 Å². The van der Waals surface area contributed by atoms with Crippen molar-refractivity contribution >= 4 is 27.7 Å². The number of amides is 1. The summed E-state index contributed by atoms with van der Waals surface area (Å²) in [5.74, 6) is 0.433. The first kappa shape index (κ1) is 10.6. The van der Waals surface area contributed by atoms with E-state index < -0.39 is 0 Å². The average Bonchev–Trinajstić information content (AvgIpc) is 2.70. The van der Waals surface area contributed by atoms with Crippen molar-refractivity contribution in [2.45, 2.75) is 18.9 Å². The van der Waals surface area contributed by atoms with E-state index in [1.165, 1.54) is 0 Å². The number of anilines is 1. The van der Waals surface area contributed by atoms with Gasteiger partial charge >= 0.3 is 0 Å². The lowest BCUT2D eigenvalue weighted by atomic mass is 10.2. The molecule has 2 rings (SSSR count). The SMILES string of the molecule is O=C(Nc1cccc(Br)n1)C1CCCO1. The number of carbonyl (C=O) groups is 1. The number of hydrogen-bond acceptors (Lipinski definition) is 3. The highest BCUT2D eigenvalue weighted by Crippen LogP contribution is 2.15. The summed E-state index contributed by atoms with van der Waals surface area (Å²) < 4.78 is 5.97. The molecule has 0 aliphatic carbocycles. The van der Waals surface area contributed by atoms with Crippen LogP contribution in [-0.2, 0) is 9.53 Å². The first-order chi connectivity index (χ1) is 7.25. The number of ether oxygens (including phenoxy) is 1. The van der Waals surface area contributed by atoms with Crippen LogP contribution in [0, 0.1) is 0 Å². The Balaban J connectivity index is 1.99. The Hall–Kier alpha value is -0.940. The maximum Gasteiger partial charge on any atom is 0.254 e. The van der Waals surface area contributed by atoms with Crippen LogP contribution in [0.25, 0.3) is 0 Å². The fourth-order valence-corrected chi connectivity index (χ4v) is 1.81. The molecule has 4 nitrogen and oxygen atoms in total. The Morgan fingerprint density at radius 3 is 3.13 bits per heavy atom. The molecule has 5 heteroatoms. The van der Waals surface area contributed by atoms with Gasteiger partial charge in [0.2, 0.25) is 0 Å². The molecule has 1 unspecified atom stereocenters. The molecule has 0 saturated carbocycles. The topological polar surface area (TPSA) is 51.2 Å². The van der Waals surface area contributed by atoms with Gasteiger partial charge in [0.15, 0.2) is 0 Å². The van der Waals surface area contributed by atoms with Crippen LogP contribution in [0.5, 0.6) is 0 Å². The molecule has 0 bridgehead atoms. The molecule has 1 N–H and O–H groups in total. The maximum absolute atomic E-state index is 11.6. The molecular weight excluding hydrogens is 260 g/mol. The van der Waals surface area contributed by atoms with Gasteiger partial charge in [-0.15, -0.1) is 0 Å². The molecule has 1 saturated heterocycles. The molecule has 1 aliphatic rings. The van der Waals surface area contributed by atoms with Gasteiger partial charge in [0.25, 0.3) is 5.91 Å². The smallest absolute Gasteiger partial charge is 0.254 e. The number of carbonyl (C=O) groups excluding carboxylic acids is 1. The highest BCUT2D eigenvalue weighted by Gasteiger charge is 2.23. The lowest BCUT2D eigenvalue weighted by Gasteiger charge is -2.09. The normalized spacial score (nSPS) is 20.2. The summed E-state index contributed by atoms with van der Waals surface area (Å²) in [4.78, 5) is 15.7. The van der Waals surface area contributed by atoms with E-state index in [4.69, 9.17) is 4.74 Å². The zero-order valence-corrected chi connectivity index (χ0v) is 9.66. The molecule has 0 radical (unpaired) electrons. The van der Waals surface area contributed by atoms with Crippen molar-refractivity contribution in [3.63, 3.8) is 0 Å². The minimum Gasteiger partial charge on any atom is -0.368 e. The number of hydrogen-bond donors (Lipinski definition) is 1. The van der Waals surface area contributed by atoms with Gasteiger partial charge in [-0.3, -0.25) is 4.79 Å². The second-order valence-corrected chi connectivity index (χ2v) is 4.15. The molecule has 1 aromatic rings. The van der Waals surface area contributed by atoms with Crippen LogP contribution in [0.4, 0.5) is 5.82 Å². The van der Waals surface area contributed by atoms with Crippen molar-refractivity contribution in [2.24, 2.45) is 0 Å².